The summed E-state index contributed by atoms with van der Waals surface area (Å²) in [5.41, 5.74) is 0.678. The van der Waals surface area contributed by atoms with Crippen LogP contribution in [0.3, 0.4) is 0 Å². The second-order valence-electron chi connectivity index (χ2n) is 7.10. The quantitative estimate of drug-likeness (QED) is 0.776. The van der Waals surface area contributed by atoms with E-state index < -0.39 is 10.0 Å². The molecular weight excluding hydrogens is 368 g/mol. The van der Waals surface area contributed by atoms with Crippen molar-refractivity contribution in [3.05, 3.63) is 30.0 Å². The number of aromatic nitrogens is 1. The molecule has 27 heavy (non-hydrogen) atoms. The molecule has 3 rings (SSSR count). The molecule has 0 unspecified atom stereocenters. The van der Waals surface area contributed by atoms with Crippen molar-refractivity contribution in [2.75, 3.05) is 33.7 Å². The molecule has 1 atom stereocenters. The molecule has 1 aliphatic heterocycles. The number of rotatable bonds is 5. The van der Waals surface area contributed by atoms with Crippen LogP contribution in [0.15, 0.2) is 29.3 Å². The van der Waals surface area contributed by atoms with Crippen molar-refractivity contribution in [2.45, 2.75) is 24.3 Å². The zero-order valence-electron chi connectivity index (χ0n) is 15.6. The third-order valence-electron chi connectivity index (χ3n) is 4.64. The number of aryl methyl sites for hydroxylation is 1. The number of likely N-dealkylation sites (N-methyl/N-ethyl adjacent to an activating group) is 1. The van der Waals surface area contributed by atoms with Crippen LogP contribution < -0.4 is 5.32 Å². The van der Waals surface area contributed by atoms with Gasteiger partial charge in [0.15, 0.2) is 0 Å². The summed E-state index contributed by atoms with van der Waals surface area (Å²) >= 11 is 0. The third-order valence-corrected chi connectivity index (χ3v) is 6.54. The lowest BCUT2D eigenvalue weighted by molar-refractivity contribution is -0.122. The van der Waals surface area contributed by atoms with Gasteiger partial charge in [-0.1, -0.05) is 6.07 Å². The number of carbonyl (C=O) groups excluding carboxylic acids is 1. The maximum Gasteiger partial charge on any atom is 0.243 e. The summed E-state index contributed by atoms with van der Waals surface area (Å²) < 4.78 is 27.8. The number of aromatic hydroxyl groups is 1. The predicted octanol–water partition coefficient (Wildman–Crippen LogP) is 0.690. The van der Waals surface area contributed by atoms with Crippen LogP contribution in [-0.2, 0) is 14.8 Å². The van der Waals surface area contributed by atoms with Crippen molar-refractivity contribution in [3.8, 4) is 5.88 Å². The Kier molecular flexibility index (Phi) is 5.36. The first-order chi connectivity index (χ1) is 12.7. The highest BCUT2D eigenvalue weighted by atomic mass is 32.2. The molecule has 1 amide bonds. The molecule has 1 aromatic heterocycles. The minimum absolute atomic E-state index is 0.124. The Morgan fingerprint density at radius 3 is 2.85 bits per heavy atom. The third kappa shape index (κ3) is 3.90. The first kappa shape index (κ1) is 19.5. The average molecular weight is 392 g/mol. The summed E-state index contributed by atoms with van der Waals surface area (Å²) in [6.07, 6.45) is 2.03. The first-order valence-corrected chi connectivity index (χ1v) is 10.2. The molecule has 1 aliphatic rings. The summed E-state index contributed by atoms with van der Waals surface area (Å²) in [5.74, 6) is -0.316. The highest BCUT2D eigenvalue weighted by molar-refractivity contribution is 7.89. The molecule has 0 aliphatic carbocycles. The number of carbonyl (C=O) groups is 1. The Balaban J connectivity index is 1.87. The average Bonchev–Trinajstić information content (AvgIpc) is 3.06. The predicted molar refractivity (Wildman–Crippen MR) is 102 cm³/mol. The van der Waals surface area contributed by atoms with E-state index in [1.165, 1.54) is 10.5 Å². The summed E-state index contributed by atoms with van der Waals surface area (Å²) in [7, 11) is -0.156. The van der Waals surface area contributed by atoms with E-state index in [9.17, 15) is 18.3 Å². The Labute approximate surface area is 158 Å². The molecule has 1 saturated heterocycles. The minimum atomic E-state index is -3.76. The van der Waals surface area contributed by atoms with E-state index in [1.807, 2.05) is 0 Å². The molecule has 1 fully saturated rings. The highest BCUT2D eigenvalue weighted by Crippen LogP contribution is 2.33. The first-order valence-electron chi connectivity index (χ1n) is 8.71. The Morgan fingerprint density at radius 1 is 1.41 bits per heavy atom. The Morgan fingerprint density at radius 2 is 2.15 bits per heavy atom. The summed E-state index contributed by atoms with van der Waals surface area (Å²) in [5, 5.41) is 13.8. The van der Waals surface area contributed by atoms with E-state index >= 15 is 0 Å². The number of hydrogen-bond acceptors (Lipinski definition) is 6. The maximum atomic E-state index is 13.2. The number of amides is 1. The van der Waals surface area contributed by atoms with Crippen molar-refractivity contribution in [3.63, 3.8) is 0 Å². The number of fused-ring (bicyclic) bond motifs is 1. The summed E-state index contributed by atoms with van der Waals surface area (Å²) in [6.45, 7) is 2.59. The molecule has 8 nitrogen and oxygen atoms in total. The molecule has 0 saturated carbocycles. The van der Waals surface area contributed by atoms with Crippen molar-refractivity contribution < 1.29 is 18.3 Å². The molecule has 0 radical (unpaired) electrons. The van der Waals surface area contributed by atoms with Gasteiger partial charge in [-0.15, -0.1) is 0 Å². The van der Waals surface area contributed by atoms with E-state index in [0.29, 0.717) is 29.3 Å². The molecule has 2 heterocycles. The van der Waals surface area contributed by atoms with Crippen LogP contribution in [0.25, 0.3) is 10.8 Å². The van der Waals surface area contributed by atoms with Gasteiger partial charge in [0.05, 0.1) is 11.4 Å². The van der Waals surface area contributed by atoms with Gasteiger partial charge in [-0.05, 0) is 45.1 Å². The number of benzene rings is 1. The van der Waals surface area contributed by atoms with Gasteiger partial charge >= 0.3 is 0 Å². The number of nitrogens with one attached hydrogen (secondary N) is 1. The Bertz CT molecular complexity index is 975. The molecule has 2 N–H and O–H groups in total. The van der Waals surface area contributed by atoms with E-state index in [4.69, 9.17) is 0 Å². The minimum Gasteiger partial charge on any atom is -0.493 e. The van der Waals surface area contributed by atoms with Crippen LogP contribution in [0.4, 0.5) is 0 Å². The van der Waals surface area contributed by atoms with Crippen LogP contribution in [-0.4, -0.2) is 73.4 Å². The van der Waals surface area contributed by atoms with Crippen LogP contribution >= 0.6 is 0 Å². The molecule has 146 valence electrons. The maximum absolute atomic E-state index is 13.2. The van der Waals surface area contributed by atoms with Crippen LogP contribution in [0.1, 0.15) is 12.0 Å². The van der Waals surface area contributed by atoms with Crippen molar-refractivity contribution in [1.82, 2.24) is 19.5 Å². The SMILES string of the molecule is Cc1cnc(O)c2cccc(S(=O)(=O)N3CC[C@@H](NC(=O)CN(C)C)C3)c12. The fraction of sp³-hybridized carbons (Fsp3) is 0.444. The van der Waals surface area contributed by atoms with Crippen LogP contribution in [0.2, 0.25) is 0 Å². The fourth-order valence-electron chi connectivity index (χ4n) is 3.40. The van der Waals surface area contributed by atoms with Crippen molar-refractivity contribution in [1.29, 1.82) is 0 Å². The topological polar surface area (TPSA) is 103 Å². The standard InChI is InChI=1S/C18H24N4O4S/c1-12-9-19-18(24)14-5-4-6-15(17(12)14)27(25,26)22-8-7-13(10-22)20-16(23)11-21(2)3/h4-6,9,13H,7-8,10-11H2,1-3H3,(H,19,24)(H,20,23)/t13-/m1/s1. The van der Waals surface area contributed by atoms with Crippen molar-refractivity contribution >= 4 is 26.7 Å². The lowest BCUT2D eigenvalue weighted by Gasteiger charge is -2.19. The normalized spacial score (nSPS) is 18.3. The number of pyridine rings is 1. The fourth-order valence-corrected chi connectivity index (χ4v) is 5.17. The monoisotopic (exact) mass is 392 g/mol. The molecular formula is C18H24N4O4S. The lowest BCUT2D eigenvalue weighted by Crippen LogP contribution is -2.42. The van der Waals surface area contributed by atoms with Gasteiger partial charge < -0.3 is 15.3 Å². The van der Waals surface area contributed by atoms with Crippen LogP contribution in [0.5, 0.6) is 5.88 Å². The van der Waals surface area contributed by atoms with Gasteiger partial charge in [0.25, 0.3) is 0 Å². The van der Waals surface area contributed by atoms with Gasteiger partial charge in [-0.2, -0.15) is 4.31 Å². The van der Waals surface area contributed by atoms with E-state index in [0.717, 1.165) is 0 Å². The van der Waals surface area contributed by atoms with Gasteiger partial charge in [0.1, 0.15) is 0 Å². The zero-order valence-corrected chi connectivity index (χ0v) is 16.5. The van der Waals surface area contributed by atoms with E-state index in [1.54, 1.807) is 44.1 Å². The smallest absolute Gasteiger partial charge is 0.243 e. The van der Waals surface area contributed by atoms with Crippen LogP contribution in [0, 0.1) is 6.92 Å². The molecule has 0 bridgehead atoms. The van der Waals surface area contributed by atoms with E-state index in [-0.39, 0.29) is 35.8 Å². The molecule has 2 aromatic rings. The second kappa shape index (κ2) is 7.41. The molecule has 9 heteroatoms. The summed E-state index contributed by atoms with van der Waals surface area (Å²) in [6, 6.07) is 4.58. The second-order valence-corrected chi connectivity index (χ2v) is 9.00. The van der Waals surface area contributed by atoms with E-state index in [2.05, 4.69) is 10.3 Å². The molecule has 1 aromatic carbocycles. The van der Waals surface area contributed by atoms with Gasteiger partial charge in [-0.3, -0.25) is 4.79 Å². The largest absolute Gasteiger partial charge is 0.493 e. The lowest BCUT2D eigenvalue weighted by atomic mass is 10.1. The zero-order chi connectivity index (χ0) is 19.8. The van der Waals surface area contributed by atoms with Gasteiger partial charge in [0, 0.05) is 36.1 Å². The Hall–Kier alpha value is -2.23. The van der Waals surface area contributed by atoms with Crippen molar-refractivity contribution in [2.24, 2.45) is 0 Å². The van der Waals surface area contributed by atoms with Gasteiger partial charge in [-0.25, -0.2) is 13.4 Å². The summed E-state index contributed by atoms with van der Waals surface area (Å²) in [4.78, 5) is 17.7. The number of sulfonamides is 1. The highest BCUT2D eigenvalue weighted by Gasteiger charge is 2.34. The number of hydrogen-bond donors (Lipinski definition) is 2. The molecule has 0 spiro atoms. The van der Waals surface area contributed by atoms with Gasteiger partial charge in [0.2, 0.25) is 21.8 Å². The number of nitrogens with zero attached hydrogens (tertiary/aromatic N) is 3.